The first-order valence-corrected chi connectivity index (χ1v) is 11.0. The van der Waals surface area contributed by atoms with Gasteiger partial charge in [0.05, 0.1) is 25.8 Å². The van der Waals surface area contributed by atoms with Crippen molar-refractivity contribution >= 4 is 35.8 Å². The highest BCUT2D eigenvalue weighted by molar-refractivity contribution is 14.0. The Morgan fingerprint density at radius 3 is 2.58 bits per heavy atom. The van der Waals surface area contributed by atoms with Crippen molar-refractivity contribution in [1.29, 1.82) is 0 Å². The van der Waals surface area contributed by atoms with E-state index in [0.29, 0.717) is 32.7 Å². The molecule has 2 aliphatic heterocycles. The van der Waals surface area contributed by atoms with Gasteiger partial charge in [-0.1, -0.05) is 19.1 Å². The van der Waals surface area contributed by atoms with Gasteiger partial charge < -0.3 is 20.3 Å². The highest BCUT2D eigenvalue weighted by Gasteiger charge is 2.26. The van der Waals surface area contributed by atoms with Gasteiger partial charge in [0.25, 0.3) is 0 Å². The minimum Gasteiger partial charge on any atom is -0.379 e. The lowest BCUT2D eigenvalue weighted by Crippen LogP contribution is -2.46. The van der Waals surface area contributed by atoms with Gasteiger partial charge in [-0.15, -0.1) is 24.0 Å². The molecule has 7 nitrogen and oxygen atoms in total. The van der Waals surface area contributed by atoms with Crippen molar-refractivity contribution in [2.75, 3.05) is 52.5 Å². The second-order valence-corrected chi connectivity index (χ2v) is 7.76. The van der Waals surface area contributed by atoms with Crippen LogP contribution in [0.2, 0.25) is 0 Å². The molecule has 0 spiro atoms. The predicted molar refractivity (Wildman–Crippen MR) is 131 cm³/mol. The molecule has 0 saturated carbocycles. The van der Waals surface area contributed by atoms with Gasteiger partial charge in [0.1, 0.15) is 5.82 Å². The van der Waals surface area contributed by atoms with Crippen LogP contribution in [-0.2, 0) is 9.53 Å². The molecule has 9 heteroatoms. The Hall–Kier alpha value is -1.46. The third-order valence-corrected chi connectivity index (χ3v) is 5.69. The topological polar surface area (TPSA) is 69.2 Å². The number of morpholine rings is 1. The first kappa shape index (κ1) is 25.8. The lowest BCUT2D eigenvalue weighted by molar-refractivity contribution is -0.129. The van der Waals surface area contributed by atoms with E-state index < -0.39 is 0 Å². The molecule has 3 rings (SSSR count). The van der Waals surface area contributed by atoms with Crippen LogP contribution in [0.25, 0.3) is 0 Å². The molecule has 0 bridgehead atoms. The molecule has 2 aliphatic rings. The van der Waals surface area contributed by atoms with Crippen molar-refractivity contribution in [3.8, 4) is 0 Å². The Labute approximate surface area is 201 Å². The van der Waals surface area contributed by atoms with Crippen LogP contribution in [0.4, 0.5) is 4.39 Å². The molecule has 2 N–H and O–H groups in total. The maximum atomic E-state index is 13.4. The molecule has 2 unspecified atom stereocenters. The Balaban J connectivity index is 0.00000341. The lowest BCUT2D eigenvalue weighted by atomic mass is 10.0. The fourth-order valence-corrected chi connectivity index (χ4v) is 4.03. The number of aliphatic imine (C=N–C) groups is 1. The van der Waals surface area contributed by atoms with Crippen LogP contribution >= 0.6 is 24.0 Å². The molecule has 0 aromatic heterocycles. The Morgan fingerprint density at radius 2 is 1.94 bits per heavy atom. The van der Waals surface area contributed by atoms with Crippen molar-refractivity contribution in [1.82, 2.24) is 20.4 Å². The smallest absolute Gasteiger partial charge is 0.222 e. The number of rotatable bonds is 7. The third kappa shape index (κ3) is 7.57. The molecule has 2 atom stereocenters. The van der Waals surface area contributed by atoms with E-state index in [1.807, 2.05) is 30.9 Å². The van der Waals surface area contributed by atoms with Gasteiger partial charge in [0.2, 0.25) is 5.91 Å². The molecule has 174 valence electrons. The molecular weight excluding hydrogens is 512 g/mol. The maximum absolute atomic E-state index is 13.4. The van der Waals surface area contributed by atoms with Crippen LogP contribution < -0.4 is 10.6 Å². The number of likely N-dealkylation sites (tertiary alicyclic amines) is 1. The number of ether oxygens (including phenoxy) is 1. The predicted octanol–water partition coefficient (Wildman–Crippen LogP) is 2.38. The zero-order valence-electron chi connectivity index (χ0n) is 18.5. The summed E-state index contributed by atoms with van der Waals surface area (Å²) in [6.07, 6.45) is 1.46. The Morgan fingerprint density at radius 1 is 1.23 bits per heavy atom. The summed E-state index contributed by atoms with van der Waals surface area (Å²) in [6.45, 7) is 9.81. The third-order valence-electron chi connectivity index (χ3n) is 5.69. The van der Waals surface area contributed by atoms with E-state index in [4.69, 9.17) is 9.73 Å². The second-order valence-electron chi connectivity index (χ2n) is 7.76. The van der Waals surface area contributed by atoms with Crippen molar-refractivity contribution in [3.63, 3.8) is 0 Å². The number of amides is 1. The lowest BCUT2D eigenvalue weighted by Gasteiger charge is -2.34. The maximum Gasteiger partial charge on any atom is 0.222 e. The number of carbonyl (C=O) groups is 1. The molecule has 0 radical (unpaired) electrons. The summed E-state index contributed by atoms with van der Waals surface area (Å²) in [5, 5.41) is 6.81. The number of nitrogens with zero attached hydrogens (tertiary/aromatic N) is 3. The van der Waals surface area contributed by atoms with Crippen molar-refractivity contribution in [3.05, 3.63) is 35.6 Å². The summed E-state index contributed by atoms with van der Waals surface area (Å²) in [7, 11) is 0. The minimum absolute atomic E-state index is 0. The molecule has 1 aromatic carbocycles. The first-order chi connectivity index (χ1) is 14.6. The average Bonchev–Trinajstić information content (AvgIpc) is 3.24. The van der Waals surface area contributed by atoms with E-state index in [1.54, 1.807) is 0 Å². The molecule has 31 heavy (non-hydrogen) atoms. The number of hydrogen-bond acceptors (Lipinski definition) is 4. The number of hydrogen-bond donors (Lipinski definition) is 2. The number of carbonyl (C=O) groups excluding carboxylic acids is 1. The standard InChI is InChI=1S/C22H34FN5O2.HI/c1-3-21(29)28-10-9-19(16-28)26-22(24-4-2)25-15-20(27-11-13-30-14-12-27)17-5-7-18(23)8-6-17;/h5-8,19-20H,3-4,9-16H2,1-2H3,(H2,24,25,26);1H. The summed E-state index contributed by atoms with van der Waals surface area (Å²) in [6, 6.07) is 6.96. The van der Waals surface area contributed by atoms with Crippen molar-refractivity contribution in [2.24, 2.45) is 4.99 Å². The quantitative estimate of drug-likeness (QED) is 0.312. The largest absolute Gasteiger partial charge is 0.379 e. The first-order valence-electron chi connectivity index (χ1n) is 11.0. The van der Waals surface area contributed by atoms with Crippen LogP contribution in [0.3, 0.4) is 0 Å². The number of benzene rings is 1. The number of guanidine groups is 1. The molecule has 1 amide bonds. The van der Waals surface area contributed by atoms with Gasteiger partial charge in [-0.25, -0.2) is 4.39 Å². The van der Waals surface area contributed by atoms with Crippen LogP contribution in [0.1, 0.15) is 38.3 Å². The molecular formula is C22H35FIN5O2. The monoisotopic (exact) mass is 547 g/mol. The number of halogens is 2. The summed E-state index contributed by atoms with van der Waals surface area (Å²) in [5.41, 5.74) is 1.05. The molecule has 2 fully saturated rings. The Kier molecular flexibility index (Phi) is 11.0. The van der Waals surface area contributed by atoms with E-state index in [1.165, 1.54) is 12.1 Å². The van der Waals surface area contributed by atoms with E-state index in [2.05, 4.69) is 15.5 Å². The van der Waals surface area contributed by atoms with Crippen LogP contribution in [0.15, 0.2) is 29.3 Å². The van der Waals surface area contributed by atoms with Crippen molar-refractivity contribution in [2.45, 2.75) is 38.8 Å². The highest BCUT2D eigenvalue weighted by atomic mass is 127. The van der Waals surface area contributed by atoms with Crippen LogP contribution in [-0.4, -0.2) is 80.2 Å². The van der Waals surface area contributed by atoms with E-state index in [9.17, 15) is 9.18 Å². The number of nitrogens with one attached hydrogen (secondary N) is 2. The van der Waals surface area contributed by atoms with E-state index >= 15 is 0 Å². The van der Waals surface area contributed by atoms with Crippen LogP contribution in [0.5, 0.6) is 0 Å². The summed E-state index contributed by atoms with van der Waals surface area (Å²) in [4.78, 5) is 21.1. The van der Waals surface area contributed by atoms with Gasteiger partial charge in [-0.2, -0.15) is 0 Å². The van der Waals surface area contributed by atoms with Crippen molar-refractivity contribution < 1.29 is 13.9 Å². The van der Waals surface area contributed by atoms with E-state index in [-0.39, 0.29) is 47.8 Å². The van der Waals surface area contributed by atoms with Gasteiger partial charge in [-0.05, 0) is 31.0 Å². The molecule has 0 aliphatic carbocycles. The fourth-order valence-electron chi connectivity index (χ4n) is 4.03. The highest BCUT2D eigenvalue weighted by Crippen LogP contribution is 2.23. The molecule has 2 heterocycles. The zero-order chi connectivity index (χ0) is 21.3. The molecule has 2 saturated heterocycles. The average molecular weight is 547 g/mol. The summed E-state index contributed by atoms with van der Waals surface area (Å²) < 4.78 is 18.9. The Bertz CT molecular complexity index is 712. The van der Waals surface area contributed by atoms with Gasteiger partial charge in [0, 0.05) is 45.2 Å². The van der Waals surface area contributed by atoms with E-state index in [0.717, 1.165) is 44.1 Å². The van der Waals surface area contributed by atoms with Gasteiger partial charge >= 0.3 is 0 Å². The zero-order valence-corrected chi connectivity index (χ0v) is 20.8. The SMILES string of the molecule is CCNC(=NCC(c1ccc(F)cc1)N1CCOCC1)NC1CCN(C(=O)CC)C1.I. The normalized spacial score (nSPS) is 20.8. The second kappa shape index (κ2) is 13.2. The molecule has 1 aromatic rings. The van der Waals surface area contributed by atoms with Crippen LogP contribution in [0, 0.1) is 5.82 Å². The fraction of sp³-hybridized carbons (Fsp3) is 0.636. The van der Waals surface area contributed by atoms with Gasteiger partial charge in [-0.3, -0.25) is 14.7 Å². The summed E-state index contributed by atoms with van der Waals surface area (Å²) >= 11 is 0. The minimum atomic E-state index is -0.231. The summed E-state index contributed by atoms with van der Waals surface area (Å²) in [5.74, 6) is 0.726. The van der Waals surface area contributed by atoms with Gasteiger partial charge in [0.15, 0.2) is 5.96 Å².